The van der Waals surface area contributed by atoms with Crippen molar-refractivity contribution in [1.82, 2.24) is 15.1 Å². The molecule has 0 aromatic heterocycles. The van der Waals surface area contributed by atoms with Crippen molar-refractivity contribution in [3.8, 4) is 0 Å². The van der Waals surface area contributed by atoms with Gasteiger partial charge in [-0.2, -0.15) is 13.2 Å². The first-order valence-corrected chi connectivity index (χ1v) is 7.69. The van der Waals surface area contributed by atoms with Gasteiger partial charge in [-0.05, 0) is 32.5 Å². The average molecular weight is 295 g/mol. The van der Waals surface area contributed by atoms with E-state index in [0.717, 1.165) is 39.3 Å². The number of hydrogen-bond acceptors (Lipinski definition) is 3. The maximum Gasteiger partial charge on any atom is 0.393 e. The Morgan fingerprint density at radius 1 is 1.20 bits per heavy atom. The normalized spacial score (nSPS) is 21.6. The summed E-state index contributed by atoms with van der Waals surface area (Å²) in [6.07, 6.45) is -3.09. The number of nitrogens with one attached hydrogen (secondary N) is 1. The lowest BCUT2D eigenvalue weighted by molar-refractivity contribution is -0.186. The fourth-order valence-corrected chi connectivity index (χ4v) is 2.66. The zero-order valence-corrected chi connectivity index (χ0v) is 12.7. The second kappa shape index (κ2) is 8.85. The van der Waals surface area contributed by atoms with Crippen molar-refractivity contribution >= 4 is 0 Å². The van der Waals surface area contributed by atoms with Gasteiger partial charge in [0, 0.05) is 32.7 Å². The van der Waals surface area contributed by atoms with E-state index in [2.05, 4.69) is 24.1 Å². The highest BCUT2D eigenvalue weighted by Gasteiger charge is 2.41. The molecule has 0 saturated carbocycles. The van der Waals surface area contributed by atoms with Crippen LogP contribution >= 0.6 is 0 Å². The van der Waals surface area contributed by atoms with Crippen molar-refractivity contribution in [3.05, 3.63) is 0 Å². The molecule has 1 aliphatic heterocycles. The highest BCUT2D eigenvalue weighted by molar-refractivity contribution is 4.78. The summed E-state index contributed by atoms with van der Waals surface area (Å²) in [5, 5.41) is 3.32. The van der Waals surface area contributed by atoms with Gasteiger partial charge < -0.3 is 15.1 Å². The molecule has 1 N–H and O–H groups in total. The third kappa shape index (κ3) is 6.41. The van der Waals surface area contributed by atoms with Gasteiger partial charge in [-0.1, -0.05) is 13.8 Å². The van der Waals surface area contributed by atoms with E-state index in [-0.39, 0.29) is 13.0 Å². The molecule has 1 fully saturated rings. The molecule has 1 unspecified atom stereocenters. The minimum absolute atomic E-state index is 0.168. The highest BCUT2D eigenvalue weighted by atomic mass is 19.4. The van der Waals surface area contributed by atoms with E-state index in [4.69, 9.17) is 0 Å². The van der Waals surface area contributed by atoms with Crippen LogP contribution in [0.2, 0.25) is 0 Å². The summed E-state index contributed by atoms with van der Waals surface area (Å²) in [6, 6.07) is 0. The van der Waals surface area contributed by atoms with Gasteiger partial charge in [0.25, 0.3) is 0 Å². The lowest BCUT2D eigenvalue weighted by Crippen LogP contribution is -2.44. The molecule has 1 aliphatic rings. The van der Waals surface area contributed by atoms with Crippen molar-refractivity contribution in [1.29, 1.82) is 0 Å². The number of halogens is 3. The second-order valence-corrected chi connectivity index (χ2v) is 5.46. The fraction of sp³-hybridized carbons (Fsp3) is 1.00. The molecule has 0 bridgehead atoms. The molecule has 120 valence electrons. The standard InChI is InChI=1S/C14H28F3N3/c1-3-19(4-2)10-7-18-8-11-20-9-5-6-13(12-20)14(15,16)17/h13,18H,3-12H2,1-2H3. The number of nitrogens with zero attached hydrogens (tertiary/aromatic N) is 2. The van der Waals surface area contributed by atoms with Gasteiger partial charge in [-0.15, -0.1) is 0 Å². The van der Waals surface area contributed by atoms with E-state index in [1.54, 1.807) is 0 Å². The van der Waals surface area contributed by atoms with E-state index in [9.17, 15) is 13.2 Å². The van der Waals surface area contributed by atoms with Crippen molar-refractivity contribution in [3.63, 3.8) is 0 Å². The van der Waals surface area contributed by atoms with Gasteiger partial charge in [0.2, 0.25) is 0 Å². The summed E-state index contributed by atoms with van der Waals surface area (Å²) >= 11 is 0. The molecule has 1 heterocycles. The molecule has 0 radical (unpaired) electrons. The quantitative estimate of drug-likeness (QED) is 0.693. The molecule has 0 aromatic carbocycles. The number of likely N-dealkylation sites (tertiary alicyclic amines) is 1. The molecule has 0 aromatic rings. The maximum atomic E-state index is 12.7. The number of alkyl halides is 3. The number of hydrogen-bond donors (Lipinski definition) is 1. The van der Waals surface area contributed by atoms with E-state index in [1.165, 1.54) is 0 Å². The molecule has 0 spiro atoms. The minimum Gasteiger partial charge on any atom is -0.314 e. The van der Waals surface area contributed by atoms with E-state index < -0.39 is 12.1 Å². The van der Waals surface area contributed by atoms with Crippen LogP contribution in [0.4, 0.5) is 13.2 Å². The highest BCUT2D eigenvalue weighted by Crippen LogP contribution is 2.32. The smallest absolute Gasteiger partial charge is 0.314 e. The predicted octanol–water partition coefficient (Wildman–Crippen LogP) is 2.19. The van der Waals surface area contributed by atoms with Gasteiger partial charge in [-0.25, -0.2) is 0 Å². The van der Waals surface area contributed by atoms with Gasteiger partial charge in [0.15, 0.2) is 0 Å². The number of likely N-dealkylation sites (N-methyl/N-ethyl adjacent to an activating group) is 1. The van der Waals surface area contributed by atoms with Crippen LogP contribution in [0.5, 0.6) is 0 Å². The SMILES string of the molecule is CCN(CC)CCNCCN1CCCC(C(F)(F)F)C1. The molecular formula is C14H28F3N3. The summed E-state index contributed by atoms with van der Waals surface area (Å²) in [7, 11) is 0. The second-order valence-electron chi connectivity index (χ2n) is 5.46. The molecule has 1 rings (SSSR count). The average Bonchev–Trinajstić information content (AvgIpc) is 2.42. The Morgan fingerprint density at radius 3 is 2.50 bits per heavy atom. The number of rotatable bonds is 8. The molecule has 0 aliphatic carbocycles. The minimum atomic E-state index is -4.03. The molecule has 20 heavy (non-hydrogen) atoms. The Morgan fingerprint density at radius 2 is 1.90 bits per heavy atom. The van der Waals surface area contributed by atoms with Crippen LogP contribution in [0.1, 0.15) is 26.7 Å². The van der Waals surface area contributed by atoms with Crippen molar-refractivity contribution in [2.24, 2.45) is 5.92 Å². The molecule has 6 heteroatoms. The third-order valence-electron chi connectivity index (χ3n) is 4.07. The first-order valence-electron chi connectivity index (χ1n) is 7.69. The zero-order chi connectivity index (χ0) is 15.0. The molecule has 3 nitrogen and oxygen atoms in total. The van der Waals surface area contributed by atoms with Crippen LogP contribution in [0.25, 0.3) is 0 Å². The Hall–Kier alpha value is -0.330. The third-order valence-corrected chi connectivity index (χ3v) is 4.07. The van der Waals surface area contributed by atoms with E-state index in [0.29, 0.717) is 13.0 Å². The van der Waals surface area contributed by atoms with Crippen LogP contribution in [-0.2, 0) is 0 Å². The van der Waals surface area contributed by atoms with Gasteiger partial charge in [0.1, 0.15) is 0 Å². The Kier molecular flexibility index (Phi) is 7.84. The van der Waals surface area contributed by atoms with Crippen LogP contribution < -0.4 is 5.32 Å². The largest absolute Gasteiger partial charge is 0.393 e. The molecular weight excluding hydrogens is 267 g/mol. The van der Waals surface area contributed by atoms with Crippen LogP contribution in [0, 0.1) is 5.92 Å². The van der Waals surface area contributed by atoms with Crippen molar-refractivity contribution < 1.29 is 13.2 Å². The van der Waals surface area contributed by atoms with Crippen molar-refractivity contribution in [2.75, 3.05) is 52.4 Å². The topological polar surface area (TPSA) is 18.5 Å². The van der Waals surface area contributed by atoms with Gasteiger partial charge in [0.05, 0.1) is 5.92 Å². The van der Waals surface area contributed by atoms with E-state index in [1.807, 2.05) is 4.90 Å². The van der Waals surface area contributed by atoms with Crippen LogP contribution in [0.15, 0.2) is 0 Å². The Labute approximate surface area is 120 Å². The summed E-state index contributed by atoms with van der Waals surface area (Å²) < 4.78 is 38.0. The maximum absolute atomic E-state index is 12.7. The van der Waals surface area contributed by atoms with E-state index >= 15 is 0 Å². The first kappa shape index (κ1) is 17.7. The summed E-state index contributed by atoms with van der Waals surface area (Å²) in [5.41, 5.74) is 0. The molecule has 0 amide bonds. The monoisotopic (exact) mass is 295 g/mol. The zero-order valence-electron chi connectivity index (χ0n) is 12.7. The van der Waals surface area contributed by atoms with Crippen LogP contribution in [-0.4, -0.2) is 68.3 Å². The van der Waals surface area contributed by atoms with Gasteiger partial charge >= 0.3 is 6.18 Å². The lowest BCUT2D eigenvalue weighted by Gasteiger charge is -2.33. The van der Waals surface area contributed by atoms with Crippen LogP contribution in [0.3, 0.4) is 0 Å². The summed E-state index contributed by atoms with van der Waals surface area (Å²) in [4.78, 5) is 4.26. The fourth-order valence-electron chi connectivity index (χ4n) is 2.66. The summed E-state index contributed by atoms with van der Waals surface area (Å²) in [6.45, 7) is 10.7. The first-order chi connectivity index (χ1) is 9.47. The van der Waals surface area contributed by atoms with Crippen molar-refractivity contribution in [2.45, 2.75) is 32.9 Å². The summed E-state index contributed by atoms with van der Waals surface area (Å²) in [5.74, 6) is -1.13. The van der Waals surface area contributed by atoms with Gasteiger partial charge in [-0.3, -0.25) is 0 Å². The molecule has 1 atom stereocenters. The lowest BCUT2D eigenvalue weighted by atomic mass is 9.97. The number of piperidine rings is 1. The Balaban J connectivity index is 2.13. The molecule has 1 saturated heterocycles. The Bertz CT molecular complexity index is 255. The predicted molar refractivity (Wildman–Crippen MR) is 75.9 cm³/mol.